The second-order valence-corrected chi connectivity index (χ2v) is 5.29. The van der Waals surface area contributed by atoms with Crippen LogP contribution in [0.15, 0.2) is 30.3 Å². The van der Waals surface area contributed by atoms with Gasteiger partial charge in [-0.1, -0.05) is 57.0 Å². The molecule has 2 nitrogen and oxygen atoms in total. The minimum Gasteiger partial charge on any atom is -0.375 e. The Bertz CT molecular complexity index is 310. The van der Waals surface area contributed by atoms with Gasteiger partial charge >= 0.3 is 0 Å². The first kappa shape index (κ1) is 15.2. The molecule has 0 aliphatic rings. The van der Waals surface area contributed by atoms with E-state index in [-0.39, 0.29) is 6.10 Å². The number of nitrogens with one attached hydrogen (secondary N) is 1. The van der Waals surface area contributed by atoms with Crippen molar-refractivity contribution in [2.24, 2.45) is 5.92 Å². The summed E-state index contributed by atoms with van der Waals surface area (Å²) in [6.45, 7) is 4.55. The first-order valence-electron chi connectivity index (χ1n) is 6.94. The molecule has 0 saturated heterocycles. The second-order valence-electron chi connectivity index (χ2n) is 5.29. The lowest BCUT2D eigenvalue weighted by atomic mass is 9.96. The fourth-order valence-corrected chi connectivity index (χ4v) is 2.37. The number of rotatable bonds is 8. The highest BCUT2D eigenvalue weighted by Gasteiger charge is 2.20. The molecule has 1 aromatic carbocycles. The van der Waals surface area contributed by atoms with Crippen LogP contribution in [0.2, 0.25) is 0 Å². The molecule has 0 saturated carbocycles. The molecule has 2 unspecified atom stereocenters. The van der Waals surface area contributed by atoms with Crippen LogP contribution in [0.5, 0.6) is 0 Å². The van der Waals surface area contributed by atoms with Crippen molar-refractivity contribution in [1.82, 2.24) is 5.32 Å². The first-order chi connectivity index (χ1) is 8.69. The van der Waals surface area contributed by atoms with Gasteiger partial charge in [-0.15, -0.1) is 0 Å². The average Bonchev–Trinajstić information content (AvgIpc) is 2.38. The van der Waals surface area contributed by atoms with Crippen molar-refractivity contribution in [2.45, 2.75) is 45.3 Å². The van der Waals surface area contributed by atoms with E-state index in [0.29, 0.717) is 6.04 Å². The van der Waals surface area contributed by atoms with Gasteiger partial charge in [0.05, 0.1) is 6.10 Å². The molecule has 0 spiro atoms. The van der Waals surface area contributed by atoms with Gasteiger partial charge in [0, 0.05) is 13.2 Å². The Morgan fingerprint density at radius 2 is 1.78 bits per heavy atom. The van der Waals surface area contributed by atoms with E-state index in [2.05, 4.69) is 43.4 Å². The predicted molar refractivity (Wildman–Crippen MR) is 77.7 cm³/mol. The molecular formula is C16H27NO. The molecular weight excluding hydrogens is 222 g/mol. The van der Waals surface area contributed by atoms with E-state index in [1.54, 1.807) is 7.11 Å². The molecule has 2 atom stereocenters. The quantitative estimate of drug-likeness (QED) is 0.757. The number of hydrogen-bond acceptors (Lipinski definition) is 2. The Labute approximate surface area is 112 Å². The number of ether oxygens (including phenoxy) is 1. The smallest absolute Gasteiger partial charge is 0.0973 e. The molecule has 1 rings (SSSR count). The number of hydrogen-bond donors (Lipinski definition) is 1. The van der Waals surface area contributed by atoms with E-state index in [0.717, 1.165) is 12.3 Å². The molecule has 102 valence electrons. The number of methoxy groups -OCH3 is 1. The summed E-state index contributed by atoms with van der Waals surface area (Å²) in [7, 11) is 3.82. The Hall–Kier alpha value is -0.860. The zero-order chi connectivity index (χ0) is 13.4. The molecule has 0 bridgehead atoms. The molecule has 0 heterocycles. The molecule has 18 heavy (non-hydrogen) atoms. The Kier molecular flexibility index (Phi) is 6.99. The van der Waals surface area contributed by atoms with Gasteiger partial charge in [0.2, 0.25) is 0 Å². The standard InChI is InChI=1S/C16H27NO/c1-13(2)9-8-12-15(17-3)16(18-4)14-10-6-5-7-11-14/h5-7,10-11,13,15-17H,8-9,12H2,1-4H3. The monoisotopic (exact) mass is 249 g/mol. The third kappa shape index (κ3) is 4.79. The van der Waals surface area contributed by atoms with Crippen LogP contribution in [0.25, 0.3) is 0 Å². The molecule has 0 amide bonds. The first-order valence-corrected chi connectivity index (χ1v) is 6.94. The van der Waals surface area contributed by atoms with Crippen LogP contribution >= 0.6 is 0 Å². The summed E-state index contributed by atoms with van der Waals surface area (Å²) in [5.74, 6) is 0.778. The zero-order valence-electron chi connectivity index (χ0n) is 12.1. The van der Waals surface area contributed by atoms with Crippen molar-refractivity contribution in [3.8, 4) is 0 Å². The third-order valence-corrected chi connectivity index (χ3v) is 3.41. The molecule has 0 radical (unpaired) electrons. The zero-order valence-corrected chi connectivity index (χ0v) is 12.1. The summed E-state index contributed by atoms with van der Waals surface area (Å²) in [5.41, 5.74) is 1.25. The molecule has 0 aliphatic carbocycles. The van der Waals surface area contributed by atoms with Gasteiger partial charge in [-0.2, -0.15) is 0 Å². The highest BCUT2D eigenvalue weighted by molar-refractivity contribution is 5.19. The summed E-state index contributed by atoms with van der Waals surface area (Å²) in [6.07, 6.45) is 3.82. The van der Waals surface area contributed by atoms with Gasteiger partial charge in [0.25, 0.3) is 0 Å². The topological polar surface area (TPSA) is 21.3 Å². The second kappa shape index (κ2) is 8.28. The maximum absolute atomic E-state index is 5.68. The van der Waals surface area contributed by atoms with Gasteiger partial charge < -0.3 is 10.1 Å². The fourth-order valence-electron chi connectivity index (χ4n) is 2.37. The lowest BCUT2D eigenvalue weighted by Crippen LogP contribution is -2.33. The highest BCUT2D eigenvalue weighted by atomic mass is 16.5. The largest absolute Gasteiger partial charge is 0.375 e. The molecule has 1 N–H and O–H groups in total. The summed E-state index contributed by atoms with van der Waals surface area (Å²) in [6, 6.07) is 10.9. The van der Waals surface area contributed by atoms with Crippen LogP contribution < -0.4 is 5.32 Å². The summed E-state index contributed by atoms with van der Waals surface area (Å²) in [5, 5.41) is 3.40. The van der Waals surface area contributed by atoms with Crippen LogP contribution in [0.4, 0.5) is 0 Å². The van der Waals surface area contributed by atoms with Crippen molar-refractivity contribution >= 4 is 0 Å². The highest BCUT2D eigenvalue weighted by Crippen LogP contribution is 2.24. The Balaban J connectivity index is 2.60. The van der Waals surface area contributed by atoms with Gasteiger partial charge in [0.1, 0.15) is 0 Å². The van der Waals surface area contributed by atoms with Gasteiger partial charge in [-0.05, 0) is 24.9 Å². The van der Waals surface area contributed by atoms with Crippen LogP contribution in [0.3, 0.4) is 0 Å². The fraction of sp³-hybridized carbons (Fsp3) is 0.625. The minimum absolute atomic E-state index is 0.142. The minimum atomic E-state index is 0.142. The normalized spacial score (nSPS) is 14.7. The van der Waals surface area contributed by atoms with Crippen molar-refractivity contribution in [1.29, 1.82) is 0 Å². The number of likely N-dealkylation sites (N-methyl/N-ethyl adjacent to an activating group) is 1. The third-order valence-electron chi connectivity index (χ3n) is 3.41. The molecule has 0 aliphatic heterocycles. The van der Waals surface area contributed by atoms with Crippen LogP contribution in [-0.4, -0.2) is 20.2 Å². The lowest BCUT2D eigenvalue weighted by Gasteiger charge is -2.26. The maximum atomic E-state index is 5.68. The van der Waals surface area contributed by atoms with E-state index < -0.39 is 0 Å². The van der Waals surface area contributed by atoms with Crippen molar-refractivity contribution in [2.75, 3.05) is 14.2 Å². The summed E-state index contributed by atoms with van der Waals surface area (Å²) in [4.78, 5) is 0. The van der Waals surface area contributed by atoms with Crippen LogP contribution in [-0.2, 0) is 4.74 Å². The predicted octanol–water partition coefficient (Wildman–Crippen LogP) is 3.79. The Morgan fingerprint density at radius 3 is 2.28 bits per heavy atom. The van der Waals surface area contributed by atoms with E-state index in [1.807, 2.05) is 13.1 Å². The van der Waals surface area contributed by atoms with Crippen molar-refractivity contribution in [3.05, 3.63) is 35.9 Å². The molecule has 0 aromatic heterocycles. The van der Waals surface area contributed by atoms with Gasteiger partial charge in [-0.3, -0.25) is 0 Å². The van der Waals surface area contributed by atoms with Crippen molar-refractivity contribution in [3.63, 3.8) is 0 Å². The van der Waals surface area contributed by atoms with Crippen molar-refractivity contribution < 1.29 is 4.74 Å². The summed E-state index contributed by atoms with van der Waals surface area (Å²) >= 11 is 0. The maximum Gasteiger partial charge on any atom is 0.0973 e. The van der Waals surface area contributed by atoms with E-state index in [9.17, 15) is 0 Å². The molecule has 1 aromatic rings. The molecule has 0 fully saturated rings. The van der Waals surface area contributed by atoms with Crippen LogP contribution in [0, 0.1) is 5.92 Å². The number of benzene rings is 1. The SMILES string of the molecule is CNC(CCCC(C)C)C(OC)c1ccccc1. The average molecular weight is 249 g/mol. The lowest BCUT2D eigenvalue weighted by molar-refractivity contribution is 0.0663. The van der Waals surface area contributed by atoms with Gasteiger partial charge in [-0.25, -0.2) is 0 Å². The van der Waals surface area contributed by atoms with E-state index in [1.165, 1.54) is 18.4 Å². The van der Waals surface area contributed by atoms with Gasteiger partial charge in [0.15, 0.2) is 0 Å². The van der Waals surface area contributed by atoms with Crippen LogP contribution in [0.1, 0.15) is 44.8 Å². The molecule has 2 heteroatoms. The Morgan fingerprint density at radius 1 is 1.11 bits per heavy atom. The van der Waals surface area contributed by atoms with E-state index >= 15 is 0 Å². The van der Waals surface area contributed by atoms with E-state index in [4.69, 9.17) is 4.74 Å². The summed E-state index contributed by atoms with van der Waals surface area (Å²) < 4.78 is 5.68.